The highest BCUT2D eigenvalue weighted by atomic mass is 16.5. The Morgan fingerprint density at radius 2 is 2.14 bits per heavy atom. The fraction of sp³-hybridized carbons (Fsp3) is 0.273. The molecule has 0 aromatic heterocycles. The summed E-state index contributed by atoms with van der Waals surface area (Å²) in [6.07, 6.45) is 3.86. The molecule has 0 aliphatic carbocycles. The van der Waals surface area contributed by atoms with E-state index in [1.54, 1.807) is 25.3 Å². The van der Waals surface area contributed by atoms with Crippen LogP contribution in [0.5, 0.6) is 11.5 Å². The van der Waals surface area contributed by atoms with Crippen LogP contribution < -0.4 is 15.2 Å². The highest BCUT2D eigenvalue weighted by Crippen LogP contribution is 2.28. The molecule has 0 atom stereocenters. The summed E-state index contributed by atoms with van der Waals surface area (Å²) in [5.74, 6) is 1.37. The summed E-state index contributed by atoms with van der Waals surface area (Å²) in [7, 11) is 1.59. The van der Waals surface area contributed by atoms with E-state index in [1.165, 1.54) is 0 Å². The first-order chi connectivity index (χ1) is 6.77. The predicted octanol–water partition coefficient (Wildman–Crippen LogP) is 2.23. The van der Waals surface area contributed by atoms with Gasteiger partial charge in [-0.1, -0.05) is 12.2 Å². The third kappa shape index (κ3) is 2.69. The average molecular weight is 193 g/mol. The fourth-order valence-corrected chi connectivity index (χ4v) is 1.04. The van der Waals surface area contributed by atoms with Gasteiger partial charge in [0, 0.05) is 11.8 Å². The van der Waals surface area contributed by atoms with Crippen LogP contribution in [0.25, 0.3) is 0 Å². The Balaban J connectivity index is 2.74. The predicted molar refractivity (Wildman–Crippen MR) is 57.7 cm³/mol. The maximum Gasteiger partial charge on any atom is 0.162 e. The molecule has 0 radical (unpaired) electrons. The largest absolute Gasteiger partial charge is 0.493 e. The van der Waals surface area contributed by atoms with E-state index in [0.29, 0.717) is 23.8 Å². The second-order valence-electron chi connectivity index (χ2n) is 2.79. The number of nitrogens with two attached hydrogens (primary N) is 1. The molecular formula is C11H15NO2. The molecule has 0 bridgehead atoms. The van der Waals surface area contributed by atoms with E-state index in [9.17, 15) is 0 Å². The molecule has 0 spiro atoms. The highest BCUT2D eigenvalue weighted by Gasteiger charge is 2.02. The molecular weight excluding hydrogens is 178 g/mol. The van der Waals surface area contributed by atoms with Crippen molar-refractivity contribution in [3.05, 3.63) is 30.4 Å². The zero-order chi connectivity index (χ0) is 10.4. The first-order valence-electron chi connectivity index (χ1n) is 4.45. The van der Waals surface area contributed by atoms with Crippen LogP contribution >= 0.6 is 0 Å². The molecule has 0 fully saturated rings. The second-order valence-corrected chi connectivity index (χ2v) is 2.79. The van der Waals surface area contributed by atoms with Crippen molar-refractivity contribution in [2.24, 2.45) is 0 Å². The van der Waals surface area contributed by atoms with E-state index >= 15 is 0 Å². The van der Waals surface area contributed by atoms with Crippen LogP contribution in [0.4, 0.5) is 5.69 Å². The van der Waals surface area contributed by atoms with E-state index in [2.05, 4.69) is 0 Å². The topological polar surface area (TPSA) is 44.5 Å². The molecule has 3 nitrogen and oxygen atoms in total. The molecule has 1 aromatic carbocycles. The van der Waals surface area contributed by atoms with Gasteiger partial charge in [0.1, 0.15) is 6.61 Å². The van der Waals surface area contributed by atoms with Crippen molar-refractivity contribution in [3.8, 4) is 11.5 Å². The lowest BCUT2D eigenvalue weighted by molar-refractivity contribution is 0.326. The lowest BCUT2D eigenvalue weighted by Gasteiger charge is -2.09. The molecule has 0 amide bonds. The van der Waals surface area contributed by atoms with Gasteiger partial charge in [0.15, 0.2) is 11.5 Å². The quantitative estimate of drug-likeness (QED) is 0.589. The Kier molecular flexibility index (Phi) is 3.85. The first kappa shape index (κ1) is 10.4. The molecule has 0 aliphatic heterocycles. The number of anilines is 1. The SMILES string of the molecule is C/C=C/COc1ccc(N)cc1OC. The van der Waals surface area contributed by atoms with Crippen LogP contribution in [0, 0.1) is 0 Å². The number of hydrogen-bond acceptors (Lipinski definition) is 3. The summed E-state index contributed by atoms with van der Waals surface area (Å²) < 4.78 is 10.6. The van der Waals surface area contributed by atoms with Gasteiger partial charge in [-0.25, -0.2) is 0 Å². The first-order valence-corrected chi connectivity index (χ1v) is 4.45. The van der Waals surface area contributed by atoms with Gasteiger partial charge in [-0.15, -0.1) is 0 Å². The minimum Gasteiger partial charge on any atom is -0.493 e. The third-order valence-corrected chi connectivity index (χ3v) is 1.76. The van der Waals surface area contributed by atoms with Gasteiger partial charge in [-0.05, 0) is 19.1 Å². The van der Waals surface area contributed by atoms with Gasteiger partial charge >= 0.3 is 0 Å². The highest BCUT2D eigenvalue weighted by molar-refractivity contribution is 5.51. The third-order valence-electron chi connectivity index (χ3n) is 1.76. The molecule has 0 saturated heterocycles. The normalized spacial score (nSPS) is 10.4. The summed E-state index contributed by atoms with van der Waals surface area (Å²) in [4.78, 5) is 0. The number of hydrogen-bond donors (Lipinski definition) is 1. The van der Waals surface area contributed by atoms with Crippen molar-refractivity contribution >= 4 is 5.69 Å². The summed E-state index contributed by atoms with van der Waals surface area (Å²) >= 11 is 0. The van der Waals surface area contributed by atoms with E-state index in [4.69, 9.17) is 15.2 Å². The monoisotopic (exact) mass is 193 g/mol. The zero-order valence-electron chi connectivity index (χ0n) is 8.49. The standard InChI is InChI=1S/C11H15NO2/c1-3-4-7-14-10-6-5-9(12)8-11(10)13-2/h3-6,8H,7,12H2,1-2H3/b4-3+. The van der Waals surface area contributed by atoms with Gasteiger partial charge in [0.25, 0.3) is 0 Å². The molecule has 3 heteroatoms. The Bertz CT molecular complexity index is 321. The zero-order valence-corrected chi connectivity index (χ0v) is 8.49. The fourth-order valence-electron chi connectivity index (χ4n) is 1.04. The van der Waals surface area contributed by atoms with Crippen molar-refractivity contribution in [1.82, 2.24) is 0 Å². The second kappa shape index (κ2) is 5.17. The molecule has 2 N–H and O–H groups in total. The molecule has 1 aromatic rings. The smallest absolute Gasteiger partial charge is 0.162 e. The van der Waals surface area contributed by atoms with Crippen LogP contribution in [0.3, 0.4) is 0 Å². The minimum atomic E-state index is 0.538. The van der Waals surface area contributed by atoms with Gasteiger partial charge in [-0.2, -0.15) is 0 Å². The van der Waals surface area contributed by atoms with Crippen molar-refractivity contribution in [3.63, 3.8) is 0 Å². The van der Waals surface area contributed by atoms with Crippen molar-refractivity contribution < 1.29 is 9.47 Å². The molecule has 0 unspecified atom stereocenters. The van der Waals surface area contributed by atoms with Crippen molar-refractivity contribution in [2.45, 2.75) is 6.92 Å². The maximum absolute atomic E-state index is 5.61. The van der Waals surface area contributed by atoms with Gasteiger partial charge in [0.05, 0.1) is 7.11 Å². The van der Waals surface area contributed by atoms with Crippen LogP contribution in [0.2, 0.25) is 0 Å². The number of benzene rings is 1. The van der Waals surface area contributed by atoms with Gasteiger partial charge in [-0.3, -0.25) is 0 Å². The van der Waals surface area contributed by atoms with Gasteiger partial charge in [0.2, 0.25) is 0 Å². The lowest BCUT2D eigenvalue weighted by Crippen LogP contribution is -1.97. The number of nitrogen functional groups attached to an aromatic ring is 1. The summed E-state index contributed by atoms with van der Waals surface area (Å²) in [6.45, 7) is 2.49. The number of allylic oxidation sites excluding steroid dienone is 1. The Labute approximate surface area is 84.1 Å². The number of rotatable bonds is 4. The van der Waals surface area contributed by atoms with E-state index < -0.39 is 0 Å². The van der Waals surface area contributed by atoms with Crippen LogP contribution in [0.15, 0.2) is 30.4 Å². The maximum atomic E-state index is 5.61. The lowest BCUT2D eigenvalue weighted by atomic mass is 10.3. The number of methoxy groups -OCH3 is 1. The van der Waals surface area contributed by atoms with E-state index in [0.717, 1.165) is 0 Å². The number of ether oxygens (including phenoxy) is 2. The molecule has 76 valence electrons. The van der Waals surface area contributed by atoms with Crippen LogP contribution in [-0.2, 0) is 0 Å². The minimum absolute atomic E-state index is 0.538. The summed E-state index contributed by atoms with van der Waals surface area (Å²) in [6, 6.07) is 5.33. The van der Waals surface area contributed by atoms with Crippen molar-refractivity contribution in [1.29, 1.82) is 0 Å². The van der Waals surface area contributed by atoms with E-state index in [-0.39, 0.29) is 0 Å². The molecule has 0 saturated carbocycles. The molecule has 14 heavy (non-hydrogen) atoms. The molecule has 0 aliphatic rings. The van der Waals surface area contributed by atoms with Gasteiger partial charge < -0.3 is 15.2 Å². The summed E-state index contributed by atoms with van der Waals surface area (Å²) in [5.41, 5.74) is 6.28. The Morgan fingerprint density at radius 3 is 2.79 bits per heavy atom. The Hall–Kier alpha value is -1.64. The average Bonchev–Trinajstić information content (AvgIpc) is 2.20. The molecule has 1 rings (SSSR count). The van der Waals surface area contributed by atoms with Crippen LogP contribution in [-0.4, -0.2) is 13.7 Å². The van der Waals surface area contributed by atoms with Crippen LogP contribution in [0.1, 0.15) is 6.92 Å². The van der Waals surface area contributed by atoms with Crippen molar-refractivity contribution in [2.75, 3.05) is 19.5 Å². The summed E-state index contributed by atoms with van der Waals surface area (Å²) in [5, 5.41) is 0. The molecule has 0 heterocycles. The Morgan fingerprint density at radius 1 is 1.36 bits per heavy atom. The van der Waals surface area contributed by atoms with E-state index in [1.807, 2.05) is 19.1 Å².